The van der Waals surface area contributed by atoms with Gasteiger partial charge in [0.1, 0.15) is 0 Å². The minimum Gasteiger partial charge on any atom is -0.343 e. The largest absolute Gasteiger partial charge is 0.343 e. The van der Waals surface area contributed by atoms with Crippen molar-refractivity contribution in [1.82, 2.24) is 9.80 Å². The first-order valence-corrected chi connectivity index (χ1v) is 9.86. The van der Waals surface area contributed by atoms with E-state index in [-0.39, 0.29) is 17.7 Å². The first-order valence-electron chi connectivity index (χ1n) is 9.86. The van der Waals surface area contributed by atoms with Crippen LogP contribution in [-0.2, 0) is 9.59 Å². The van der Waals surface area contributed by atoms with Crippen molar-refractivity contribution in [2.24, 2.45) is 5.92 Å². The monoisotopic (exact) mass is 359 g/mol. The summed E-state index contributed by atoms with van der Waals surface area (Å²) in [6.45, 7) is 11.8. The maximum atomic E-state index is 12.5. The van der Waals surface area contributed by atoms with Gasteiger partial charge in [-0.05, 0) is 57.3 Å². The molecule has 0 radical (unpaired) electrons. The minimum absolute atomic E-state index is 0.0200. The molecule has 5 nitrogen and oxygen atoms in total. The lowest BCUT2D eigenvalue weighted by atomic mass is 9.95. The van der Waals surface area contributed by atoms with Crippen LogP contribution in [-0.4, -0.2) is 54.3 Å². The van der Waals surface area contributed by atoms with Gasteiger partial charge in [-0.25, -0.2) is 0 Å². The van der Waals surface area contributed by atoms with Gasteiger partial charge >= 0.3 is 0 Å². The Morgan fingerprint density at radius 1 is 1.15 bits per heavy atom. The van der Waals surface area contributed by atoms with Crippen LogP contribution in [0.1, 0.15) is 52.0 Å². The van der Waals surface area contributed by atoms with Gasteiger partial charge in [0.15, 0.2) is 0 Å². The van der Waals surface area contributed by atoms with Gasteiger partial charge in [0.25, 0.3) is 0 Å². The number of anilines is 1. The van der Waals surface area contributed by atoms with E-state index >= 15 is 0 Å². The molecule has 1 saturated heterocycles. The van der Waals surface area contributed by atoms with E-state index in [9.17, 15) is 9.59 Å². The third-order valence-corrected chi connectivity index (χ3v) is 5.24. The lowest BCUT2D eigenvalue weighted by Gasteiger charge is -2.33. The van der Waals surface area contributed by atoms with E-state index in [0.29, 0.717) is 12.5 Å². The second kappa shape index (κ2) is 9.72. The fraction of sp³-hybridized carbons (Fsp3) is 0.619. The Morgan fingerprint density at radius 3 is 2.35 bits per heavy atom. The van der Waals surface area contributed by atoms with Gasteiger partial charge in [0, 0.05) is 24.7 Å². The summed E-state index contributed by atoms with van der Waals surface area (Å²) in [5, 5.41) is 3.05. The molecular formula is C21H33N3O2. The number of nitrogens with one attached hydrogen (secondary N) is 1. The van der Waals surface area contributed by atoms with Gasteiger partial charge in [-0.1, -0.05) is 32.0 Å². The van der Waals surface area contributed by atoms with Crippen molar-refractivity contribution >= 4 is 17.5 Å². The van der Waals surface area contributed by atoms with Crippen LogP contribution in [0.15, 0.2) is 24.3 Å². The number of nitrogens with zero attached hydrogens (tertiary/aromatic N) is 2. The summed E-state index contributed by atoms with van der Waals surface area (Å²) >= 11 is 0. The smallest absolute Gasteiger partial charge is 0.238 e. The summed E-state index contributed by atoms with van der Waals surface area (Å²) in [4.78, 5) is 29.0. The molecule has 26 heavy (non-hydrogen) atoms. The van der Waals surface area contributed by atoms with E-state index in [1.54, 1.807) is 0 Å². The maximum absolute atomic E-state index is 12.5. The van der Waals surface area contributed by atoms with Crippen LogP contribution in [0.3, 0.4) is 0 Å². The Bertz CT molecular complexity index is 603. The number of hydrogen-bond acceptors (Lipinski definition) is 3. The first kappa shape index (κ1) is 20.4. The molecule has 1 N–H and O–H groups in total. The summed E-state index contributed by atoms with van der Waals surface area (Å²) in [7, 11) is 0. The van der Waals surface area contributed by atoms with E-state index in [1.165, 1.54) is 0 Å². The molecule has 1 aliphatic heterocycles. The quantitative estimate of drug-likeness (QED) is 0.812. The number of likely N-dealkylation sites (tertiary alicyclic amines) is 1. The molecule has 0 spiro atoms. The van der Waals surface area contributed by atoms with Gasteiger partial charge in [-0.2, -0.15) is 0 Å². The van der Waals surface area contributed by atoms with Crippen molar-refractivity contribution in [3.8, 4) is 0 Å². The van der Waals surface area contributed by atoms with Crippen LogP contribution in [0.5, 0.6) is 0 Å². The molecule has 0 unspecified atom stereocenters. The Morgan fingerprint density at radius 2 is 1.77 bits per heavy atom. The van der Waals surface area contributed by atoms with Crippen LogP contribution < -0.4 is 5.32 Å². The standard InChI is InChI=1S/C21H33N3O2/c1-5-24(6-2)21(26)17-11-13-23(14-12-17)15-20(25)22-19-10-8-7-9-18(19)16(3)4/h7-10,16-17H,5-6,11-15H2,1-4H3,(H,22,25). The van der Waals surface area contributed by atoms with Gasteiger partial charge in [-0.3, -0.25) is 14.5 Å². The molecule has 0 atom stereocenters. The second-order valence-electron chi connectivity index (χ2n) is 7.35. The second-order valence-corrected chi connectivity index (χ2v) is 7.35. The number of benzene rings is 1. The van der Waals surface area contributed by atoms with Crippen LogP contribution in [0.4, 0.5) is 5.69 Å². The molecule has 0 bridgehead atoms. The summed E-state index contributed by atoms with van der Waals surface area (Å²) in [6.07, 6.45) is 1.68. The van der Waals surface area contributed by atoms with E-state index in [1.807, 2.05) is 36.9 Å². The summed E-state index contributed by atoms with van der Waals surface area (Å²) in [5.41, 5.74) is 2.06. The highest BCUT2D eigenvalue weighted by molar-refractivity contribution is 5.93. The molecule has 144 valence electrons. The zero-order valence-corrected chi connectivity index (χ0v) is 16.6. The van der Waals surface area contributed by atoms with E-state index in [2.05, 4.69) is 30.1 Å². The van der Waals surface area contributed by atoms with Crippen LogP contribution in [0.25, 0.3) is 0 Å². The number of para-hydroxylation sites is 1. The molecule has 1 aliphatic rings. The number of carbonyl (C=O) groups is 2. The van der Waals surface area contributed by atoms with Crippen LogP contribution >= 0.6 is 0 Å². The lowest BCUT2D eigenvalue weighted by molar-refractivity contribution is -0.136. The molecule has 0 aliphatic carbocycles. The lowest BCUT2D eigenvalue weighted by Crippen LogP contribution is -2.44. The van der Waals surface area contributed by atoms with Crippen LogP contribution in [0, 0.1) is 5.92 Å². The predicted octanol–water partition coefficient (Wildman–Crippen LogP) is 3.33. The van der Waals surface area contributed by atoms with E-state index in [0.717, 1.165) is 50.3 Å². The van der Waals surface area contributed by atoms with E-state index in [4.69, 9.17) is 0 Å². The van der Waals surface area contributed by atoms with E-state index < -0.39 is 0 Å². The van der Waals surface area contributed by atoms with Gasteiger partial charge in [0.2, 0.25) is 11.8 Å². The molecule has 1 fully saturated rings. The Hall–Kier alpha value is -1.88. The zero-order chi connectivity index (χ0) is 19.1. The van der Waals surface area contributed by atoms with Crippen molar-refractivity contribution in [2.75, 3.05) is 38.0 Å². The normalized spacial score (nSPS) is 15.9. The fourth-order valence-corrected chi connectivity index (χ4v) is 3.64. The molecule has 1 heterocycles. The SMILES string of the molecule is CCN(CC)C(=O)C1CCN(CC(=O)Nc2ccccc2C(C)C)CC1. The average molecular weight is 360 g/mol. The molecule has 2 rings (SSSR count). The topological polar surface area (TPSA) is 52.7 Å². The molecule has 2 amide bonds. The van der Waals surface area contributed by atoms with Crippen molar-refractivity contribution in [1.29, 1.82) is 0 Å². The maximum Gasteiger partial charge on any atom is 0.238 e. The number of hydrogen-bond donors (Lipinski definition) is 1. The summed E-state index contributed by atoms with van der Waals surface area (Å²) in [5.74, 6) is 0.765. The Balaban J connectivity index is 1.84. The Kier molecular flexibility index (Phi) is 7.64. The molecule has 1 aromatic carbocycles. The number of amides is 2. The number of carbonyl (C=O) groups excluding carboxylic acids is 2. The first-order chi connectivity index (χ1) is 12.5. The van der Waals surface area contributed by atoms with Crippen molar-refractivity contribution in [3.05, 3.63) is 29.8 Å². The van der Waals surface area contributed by atoms with Crippen molar-refractivity contribution < 1.29 is 9.59 Å². The molecule has 5 heteroatoms. The summed E-state index contributed by atoms with van der Waals surface area (Å²) < 4.78 is 0. The van der Waals surface area contributed by atoms with Crippen LogP contribution in [0.2, 0.25) is 0 Å². The third kappa shape index (κ3) is 5.31. The molecular weight excluding hydrogens is 326 g/mol. The van der Waals surface area contributed by atoms with Crippen molar-refractivity contribution in [3.63, 3.8) is 0 Å². The average Bonchev–Trinajstić information content (AvgIpc) is 2.63. The highest BCUT2D eigenvalue weighted by atomic mass is 16.2. The zero-order valence-electron chi connectivity index (χ0n) is 16.6. The highest BCUT2D eigenvalue weighted by Gasteiger charge is 2.28. The fourth-order valence-electron chi connectivity index (χ4n) is 3.64. The molecule has 1 aromatic rings. The number of piperidine rings is 1. The molecule has 0 saturated carbocycles. The van der Waals surface area contributed by atoms with Gasteiger partial charge < -0.3 is 10.2 Å². The van der Waals surface area contributed by atoms with Gasteiger partial charge in [-0.15, -0.1) is 0 Å². The highest BCUT2D eigenvalue weighted by Crippen LogP contribution is 2.24. The predicted molar refractivity (Wildman–Crippen MR) is 106 cm³/mol. The summed E-state index contributed by atoms with van der Waals surface area (Å²) in [6, 6.07) is 7.97. The minimum atomic E-state index is 0.0200. The van der Waals surface area contributed by atoms with Crippen molar-refractivity contribution in [2.45, 2.75) is 46.5 Å². The van der Waals surface area contributed by atoms with Gasteiger partial charge in [0.05, 0.1) is 6.54 Å². The molecule has 0 aromatic heterocycles. The number of rotatable bonds is 7. The third-order valence-electron chi connectivity index (χ3n) is 5.24. The Labute approximate surface area is 157 Å².